The van der Waals surface area contributed by atoms with E-state index in [0.29, 0.717) is 0 Å². The highest BCUT2D eigenvalue weighted by molar-refractivity contribution is 5.81. The maximum absolute atomic E-state index is 4.11. The van der Waals surface area contributed by atoms with Crippen molar-refractivity contribution in [3.05, 3.63) is 43.2 Å². The zero-order valence-electron chi connectivity index (χ0n) is 5.99. The van der Waals surface area contributed by atoms with Crippen LogP contribution in [0.15, 0.2) is 30.7 Å². The summed E-state index contributed by atoms with van der Waals surface area (Å²) in [5.41, 5.74) is 1.88. The van der Waals surface area contributed by atoms with Gasteiger partial charge < -0.3 is 0 Å². The topological polar surface area (TPSA) is 25.8 Å². The Kier molecular flexibility index (Phi) is 1.32. The van der Waals surface area contributed by atoms with Crippen LogP contribution in [0.25, 0.3) is 10.9 Å². The largest absolute Gasteiger partial charge is 0.244 e. The third-order valence-corrected chi connectivity index (χ3v) is 1.62. The maximum atomic E-state index is 4.11. The summed E-state index contributed by atoms with van der Waals surface area (Å²) in [5, 5.41) is 1.04. The average Bonchev–Trinajstić information content (AvgIpc) is 2.06. The Morgan fingerprint density at radius 1 is 1.27 bits per heavy atom. The lowest BCUT2D eigenvalue weighted by Gasteiger charge is -1.96. The van der Waals surface area contributed by atoms with Gasteiger partial charge in [-0.05, 0) is 12.5 Å². The Hall–Kier alpha value is -1.44. The molecule has 0 aliphatic carbocycles. The lowest BCUT2D eigenvalue weighted by molar-refractivity contribution is 1.22. The molecule has 2 heteroatoms. The van der Waals surface area contributed by atoms with Gasteiger partial charge in [0.25, 0.3) is 0 Å². The molecule has 2 nitrogen and oxygen atoms in total. The number of fused-ring (bicyclic) bond motifs is 1. The Labute approximate surface area is 64.9 Å². The Balaban J connectivity index is 2.91. The van der Waals surface area contributed by atoms with Crippen molar-refractivity contribution in [3.63, 3.8) is 0 Å². The highest BCUT2D eigenvalue weighted by Gasteiger charge is 1.94. The second-order valence-electron chi connectivity index (χ2n) is 2.38. The van der Waals surface area contributed by atoms with Gasteiger partial charge in [-0.3, -0.25) is 0 Å². The first-order chi connectivity index (χ1) is 5.38. The van der Waals surface area contributed by atoms with E-state index < -0.39 is 0 Å². The minimum absolute atomic E-state index is 0.933. The second kappa shape index (κ2) is 2.31. The van der Waals surface area contributed by atoms with E-state index in [1.165, 1.54) is 6.33 Å². The molecule has 0 spiro atoms. The summed E-state index contributed by atoms with van der Waals surface area (Å²) >= 11 is 0. The van der Waals surface area contributed by atoms with Gasteiger partial charge in [-0.25, -0.2) is 9.97 Å². The first-order valence-electron chi connectivity index (χ1n) is 3.38. The fraction of sp³-hybridized carbons (Fsp3) is 0. The molecule has 0 saturated carbocycles. The van der Waals surface area contributed by atoms with Crippen LogP contribution in [-0.2, 0) is 0 Å². The van der Waals surface area contributed by atoms with E-state index in [9.17, 15) is 0 Å². The molecular weight excluding hydrogens is 136 g/mol. The number of hydrogen-bond acceptors (Lipinski definition) is 2. The van der Waals surface area contributed by atoms with Crippen LogP contribution in [0.4, 0.5) is 0 Å². The third kappa shape index (κ3) is 0.963. The van der Waals surface area contributed by atoms with Crippen LogP contribution in [0.3, 0.4) is 0 Å². The number of benzene rings is 1. The predicted molar refractivity (Wildman–Crippen MR) is 44.0 cm³/mol. The van der Waals surface area contributed by atoms with Crippen molar-refractivity contribution in [1.29, 1.82) is 0 Å². The molecule has 0 unspecified atom stereocenters. The van der Waals surface area contributed by atoms with E-state index in [2.05, 4.69) is 16.9 Å². The van der Waals surface area contributed by atoms with Gasteiger partial charge in [0.2, 0.25) is 0 Å². The predicted octanol–water partition coefficient (Wildman–Crippen LogP) is 1.81. The Bertz CT molecular complexity index is 377. The lowest BCUT2D eigenvalue weighted by Crippen LogP contribution is -1.83. The standard InChI is InChI=1S/C9H7N2/c1-7-3-2-4-8-5-10-6-11-9(7)8/h2-6H,1H2. The minimum Gasteiger partial charge on any atom is -0.244 e. The van der Waals surface area contributed by atoms with E-state index in [0.717, 1.165) is 16.5 Å². The summed E-state index contributed by atoms with van der Waals surface area (Å²) in [6.45, 7) is 3.86. The van der Waals surface area contributed by atoms with Crippen LogP contribution < -0.4 is 0 Å². The molecule has 2 aromatic rings. The highest BCUT2D eigenvalue weighted by atomic mass is 14.8. The molecule has 0 atom stereocenters. The van der Waals surface area contributed by atoms with Crippen LogP contribution in [-0.4, -0.2) is 9.97 Å². The molecule has 0 aliphatic rings. The van der Waals surface area contributed by atoms with Gasteiger partial charge in [0.15, 0.2) is 0 Å². The first kappa shape index (κ1) is 6.28. The molecular formula is C9H7N2. The van der Waals surface area contributed by atoms with Crippen molar-refractivity contribution in [2.75, 3.05) is 0 Å². The van der Waals surface area contributed by atoms with Gasteiger partial charge in [-0.15, -0.1) is 0 Å². The third-order valence-electron chi connectivity index (χ3n) is 1.62. The normalized spacial score (nSPS) is 10.3. The van der Waals surface area contributed by atoms with E-state index in [-0.39, 0.29) is 0 Å². The Morgan fingerprint density at radius 3 is 3.00 bits per heavy atom. The zero-order valence-corrected chi connectivity index (χ0v) is 5.99. The summed E-state index contributed by atoms with van der Waals surface area (Å²) < 4.78 is 0. The highest BCUT2D eigenvalue weighted by Crippen LogP contribution is 2.12. The summed E-state index contributed by atoms with van der Waals surface area (Å²) in [6, 6.07) is 5.87. The molecule has 1 heterocycles. The van der Waals surface area contributed by atoms with Gasteiger partial charge in [0, 0.05) is 11.6 Å². The number of nitrogens with zero attached hydrogens (tertiary/aromatic N) is 2. The van der Waals surface area contributed by atoms with E-state index in [1.807, 2.05) is 18.2 Å². The molecule has 0 N–H and O–H groups in total. The van der Waals surface area contributed by atoms with Crippen molar-refractivity contribution >= 4 is 10.9 Å². The number of para-hydroxylation sites is 1. The fourth-order valence-electron chi connectivity index (χ4n) is 1.08. The SMILES string of the molecule is [CH2]c1cccc2cncnc12. The summed E-state index contributed by atoms with van der Waals surface area (Å²) in [6.07, 6.45) is 3.33. The molecule has 0 aliphatic heterocycles. The second-order valence-corrected chi connectivity index (χ2v) is 2.38. The number of aromatic nitrogens is 2. The molecule has 53 valence electrons. The quantitative estimate of drug-likeness (QED) is 0.562. The van der Waals surface area contributed by atoms with Gasteiger partial charge in [-0.1, -0.05) is 18.2 Å². The van der Waals surface area contributed by atoms with Crippen LogP contribution in [0, 0.1) is 6.92 Å². The van der Waals surface area contributed by atoms with Crippen LogP contribution in [0.2, 0.25) is 0 Å². The van der Waals surface area contributed by atoms with E-state index >= 15 is 0 Å². The molecule has 0 bridgehead atoms. The molecule has 1 radical (unpaired) electrons. The summed E-state index contributed by atoms with van der Waals surface area (Å²) in [4.78, 5) is 8.02. The smallest absolute Gasteiger partial charge is 0.116 e. The maximum Gasteiger partial charge on any atom is 0.116 e. The zero-order chi connectivity index (χ0) is 7.68. The molecule has 0 saturated heterocycles. The molecule has 1 aromatic heterocycles. The molecule has 1 aromatic carbocycles. The van der Waals surface area contributed by atoms with Crippen LogP contribution in [0.5, 0.6) is 0 Å². The van der Waals surface area contributed by atoms with E-state index in [4.69, 9.17) is 0 Å². The lowest BCUT2D eigenvalue weighted by atomic mass is 10.2. The van der Waals surface area contributed by atoms with Crippen molar-refractivity contribution in [2.45, 2.75) is 0 Å². The van der Waals surface area contributed by atoms with Crippen molar-refractivity contribution in [3.8, 4) is 0 Å². The summed E-state index contributed by atoms with van der Waals surface area (Å²) in [7, 11) is 0. The molecule has 2 rings (SSSR count). The van der Waals surface area contributed by atoms with Gasteiger partial charge >= 0.3 is 0 Å². The van der Waals surface area contributed by atoms with E-state index in [1.54, 1.807) is 6.20 Å². The number of rotatable bonds is 0. The first-order valence-corrected chi connectivity index (χ1v) is 3.38. The molecule has 11 heavy (non-hydrogen) atoms. The monoisotopic (exact) mass is 143 g/mol. The van der Waals surface area contributed by atoms with Crippen molar-refractivity contribution in [1.82, 2.24) is 9.97 Å². The van der Waals surface area contributed by atoms with Gasteiger partial charge in [0.1, 0.15) is 6.33 Å². The van der Waals surface area contributed by atoms with Gasteiger partial charge in [-0.2, -0.15) is 0 Å². The van der Waals surface area contributed by atoms with Crippen LogP contribution >= 0.6 is 0 Å². The molecule has 0 fully saturated rings. The van der Waals surface area contributed by atoms with Crippen molar-refractivity contribution in [2.24, 2.45) is 0 Å². The number of hydrogen-bond donors (Lipinski definition) is 0. The minimum atomic E-state index is 0.933. The van der Waals surface area contributed by atoms with Crippen LogP contribution in [0.1, 0.15) is 5.56 Å². The molecule has 0 amide bonds. The Morgan fingerprint density at radius 2 is 2.18 bits per heavy atom. The average molecular weight is 143 g/mol. The van der Waals surface area contributed by atoms with Crippen molar-refractivity contribution < 1.29 is 0 Å². The summed E-state index contributed by atoms with van der Waals surface area (Å²) in [5.74, 6) is 0. The van der Waals surface area contributed by atoms with Gasteiger partial charge in [0.05, 0.1) is 5.52 Å². The fourth-order valence-corrected chi connectivity index (χ4v) is 1.08.